The molecule has 4 heteroatoms. The summed E-state index contributed by atoms with van der Waals surface area (Å²) in [6, 6.07) is 4.71. The smallest absolute Gasteiger partial charge is 0.167 e. The monoisotopic (exact) mass is 245 g/mol. The first-order chi connectivity index (χ1) is 8.27. The standard InChI is InChI=1S/C13H8FNOS/c14-10-5-2-4-9-12-8(3-1-6-11(12)16)7-17-15-13(9)10/h1-5,7H,6H2. The van der Waals surface area contributed by atoms with Crippen LogP contribution in [0.3, 0.4) is 0 Å². The third-order valence-corrected chi connectivity index (χ3v) is 3.40. The Balaban J connectivity index is 2.49. The average Bonchev–Trinajstić information content (AvgIpc) is 2.50. The van der Waals surface area contributed by atoms with Gasteiger partial charge in [0, 0.05) is 34.6 Å². The highest BCUT2D eigenvalue weighted by molar-refractivity contribution is 8.00. The maximum absolute atomic E-state index is 13.7. The van der Waals surface area contributed by atoms with Gasteiger partial charge in [-0.15, -0.1) is 0 Å². The van der Waals surface area contributed by atoms with Gasteiger partial charge >= 0.3 is 0 Å². The molecule has 0 amide bonds. The zero-order chi connectivity index (χ0) is 11.8. The van der Waals surface area contributed by atoms with E-state index in [2.05, 4.69) is 4.40 Å². The highest BCUT2D eigenvalue weighted by Crippen LogP contribution is 2.24. The fourth-order valence-corrected chi connectivity index (χ4v) is 2.64. The molecule has 1 heterocycles. The van der Waals surface area contributed by atoms with Gasteiger partial charge in [0.25, 0.3) is 0 Å². The number of rotatable bonds is 0. The van der Waals surface area contributed by atoms with E-state index in [-0.39, 0.29) is 17.0 Å². The van der Waals surface area contributed by atoms with Crippen molar-refractivity contribution < 1.29 is 9.18 Å². The molecule has 0 radical (unpaired) electrons. The van der Waals surface area contributed by atoms with Crippen LogP contribution in [0.15, 0.2) is 45.7 Å². The van der Waals surface area contributed by atoms with Crippen molar-refractivity contribution in [3.05, 3.63) is 57.7 Å². The van der Waals surface area contributed by atoms with Crippen LogP contribution in [0, 0.1) is 5.82 Å². The van der Waals surface area contributed by atoms with Gasteiger partial charge in [0.15, 0.2) is 5.78 Å². The second-order valence-electron chi connectivity index (χ2n) is 3.81. The predicted molar refractivity (Wildman–Crippen MR) is 65.0 cm³/mol. The van der Waals surface area contributed by atoms with Crippen molar-refractivity contribution in [2.75, 3.05) is 0 Å². The van der Waals surface area contributed by atoms with Gasteiger partial charge in [-0.05, 0) is 11.6 Å². The molecule has 0 saturated carbocycles. The molecule has 0 spiro atoms. The maximum Gasteiger partial charge on any atom is 0.167 e. The summed E-state index contributed by atoms with van der Waals surface area (Å²) >= 11 is 1.16. The number of carbonyl (C=O) groups is 1. The van der Waals surface area contributed by atoms with Crippen molar-refractivity contribution in [2.24, 2.45) is 4.40 Å². The lowest BCUT2D eigenvalue weighted by atomic mass is 9.93. The number of hydrogen-bond acceptors (Lipinski definition) is 3. The third kappa shape index (κ3) is 1.65. The van der Waals surface area contributed by atoms with Crippen LogP contribution in [0.5, 0.6) is 0 Å². The molecule has 84 valence electrons. The van der Waals surface area contributed by atoms with Crippen LogP contribution >= 0.6 is 11.9 Å². The van der Waals surface area contributed by atoms with E-state index in [4.69, 9.17) is 0 Å². The van der Waals surface area contributed by atoms with Crippen molar-refractivity contribution in [3.8, 4) is 0 Å². The average molecular weight is 245 g/mol. The largest absolute Gasteiger partial charge is 0.294 e. The fourth-order valence-electron chi connectivity index (χ4n) is 1.99. The van der Waals surface area contributed by atoms with E-state index < -0.39 is 0 Å². The Morgan fingerprint density at radius 1 is 1.35 bits per heavy atom. The number of Topliss-reactive ketones (excluding diaryl/α,β-unsaturated/α-hetero) is 1. The molecule has 0 bridgehead atoms. The Hall–Kier alpha value is -1.68. The first kappa shape index (κ1) is 10.5. The molecular weight excluding hydrogens is 237 g/mol. The molecule has 1 aliphatic heterocycles. The van der Waals surface area contributed by atoms with Crippen molar-refractivity contribution >= 4 is 23.3 Å². The van der Waals surface area contributed by atoms with Crippen LogP contribution < -0.4 is 10.6 Å². The molecule has 2 nitrogen and oxygen atoms in total. The minimum Gasteiger partial charge on any atom is -0.294 e. The van der Waals surface area contributed by atoms with Crippen molar-refractivity contribution in [2.45, 2.75) is 6.42 Å². The number of hydrogen-bond donors (Lipinski definition) is 0. The molecule has 0 saturated heterocycles. The summed E-state index contributed by atoms with van der Waals surface area (Å²) < 4.78 is 17.8. The van der Waals surface area contributed by atoms with Gasteiger partial charge in [-0.1, -0.05) is 24.3 Å². The van der Waals surface area contributed by atoms with E-state index in [1.54, 1.807) is 17.5 Å². The number of nitrogens with zero attached hydrogens (tertiary/aromatic N) is 1. The summed E-state index contributed by atoms with van der Waals surface area (Å²) in [7, 11) is 0. The molecule has 0 aromatic heterocycles. The molecule has 1 aromatic rings. The second-order valence-corrected chi connectivity index (χ2v) is 4.44. The van der Waals surface area contributed by atoms with Gasteiger partial charge in [0.1, 0.15) is 11.2 Å². The summed E-state index contributed by atoms with van der Waals surface area (Å²) in [5, 5.41) is 2.64. The Labute approximate surface area is 101 Å². The van der Waals surface area contributed by atoms with Crippen molar-refractivity contribution in [3.63, 3.8) is 0 Å². The van der Waals surface area contributed by atoms with Gasteiger partial charge in [-0.25, -0.2) is 8.79 Å². The minimum absolute atomic E-state index is 0.0169. The van der Waals surface area contributed by atoms with Gasteiger partial charge in [0.05, 0.1) is 0 Å². The number of ketones is 1. The number of halogens is 1. The van der Waals surface area contributed by atoms with Gasteiger partial charge in [-0.2, -0.15) is 0 Å². The highest BCUT2D eigenvalue weighted by atomic mass is 32.2. The van der Waals surface area contributed by atoms with Crippen molar-refractivity contribution in [1.29, 1.82) is 0 Å². The molecule has 0 unspecified atom stereocenters. The summed E-state index contributed by atoms with van der Waals surface area (Å²) in [5.41, 5.74) is 1.40. The van der Waals surface area contributed by atoms with Crippen molar-refractivity contribution in [1.82, 2.24) is 0 Å². The number of carbonyl (C=O) groups excluding carboxylic acids is 1. The van der Waals surface area contributed by atoms with E-state index in [9.17, 15) is 9.18 Å². The molecular formula is C13H8FNOS. The predicted octanol–water partition coefficient (Wildman–Crippen LogP) is 1.67. The maximum atomic E-state index is 13.7. The SMILES string of the molecule is O=C1CC=CC2=CSN=c3c(F)cccc3=C12. The summed E-state index contributed by atoms with van der Waals surface area (Å²) in [4.78, 5) is 12.0. The third-order valence-electron chi connectivity index (χ3n) is 2.75. The number of benzene rings is 1. The fraction of sp³-hybridized carbons (Fsp3) is 0.0769. The lowest BCUT2D eigenvalue weighted by Crippen LogP contribution is -2.32. The molecule has 0 atom stereocenters. The van der Waals surface area contributed by atoms with Crippen LogP contribution in [-0.2, 0) is 4.79 Å². The Kier molecular flexibility index (Phi) is 2.44. The van der Waals surface area contributed by atoms with Crippen LogP contribution in [-0.4, -0.2) is 5.78 Å². The first-order valence-corrected chi connectivity index (χ1v) is 6.04. The van der Waals surface area contributed by atoms with Gasteiger partial charge < -0.3 is 0 Å². The van der Waals surface area contributed by atoms with Crippen LogP contribution in [0.25, 0.3) is 5.57 Å². The Morgan fingerprint density at radius 3 is 3.12 bits per heavy atom. The molecule has 1 aliphatic carbocycles. The topological polar surface area (TPSA) is 29.4 Å². The quantitative estimate of drug-likeness (QED) is 0.651. The summed E-state index contributed by atoms with van der Waals surface area (Å²) in [6.45, 7) is 0. The lowest BCUT2D eigenvalue weighted by Gasteiger charge is -2.10. The lowest BCUT2D eigenvalue weighted by molar-refractivity contribution is -0.113. The molecule has 0 N–H and O–H groups in total. The first-order valence-electron chi connectivity index (χ1n) is 5.20. The Bertz CT molecular complexity index is 688. The molecule has 3 rings (SSSR count). The zero-order valence-electron chi connectivity index (χ0n) is 8.81. The van der Waals surface area contributed by atoms with Gasteiger partial charge in [0.2, 0.25) is 0 Å². The number of fused-ring (bicyclic) bond motifs is 2. The van der Waals surface area contributed by atoms with E-state index in [1.807, 2.05) is 12.2 Å². The Morgan fingerprint density at radius 2 is 2.24 bits per heavy atom. The minimum atomic E-state index is -0.389. The highest BCUT2D eigenvalue weighted by Gasteiger charge is 2.19. The second kappa shape index (κ2) is 3.96. The number of allylic oxidation sites excluding steroid dienone is 3. The van der Waals surface area contributed by atoms with Crippen LogP contribution in [0.1, 0.15) is 6.42 Å². The molecule has 17 heavy (non-hydrogen) atoms. The molecule has 1 aromatic carbocycles. The van der Waals surface area contributed by atoms with E-state index in [0.717, 1.165) is 17.5 Å². The van der Waals surface area contributed by atoms with E-state index in [1.165, 1.54) is 6.07 Å². The van der Waals surface area contributed by atoms with E-state index in [0.29, 0.717) is 17.2 Å². The van der Waals surface area contributed by atoms with Crippen LogP contribution in [0.4, 0.5) is 4.39 Å². The van der Waals surface area contributed by atoms with E-state index >= 15 is 0 Å². The summed E-state index contributed by atoms with van der Waals surface area (Å²) in [6.07, 6.45) is 4.08. The zero-order valence-corrected chi connectivity index (χ0v) is 9.63. The molecule has 0 fully saturated rings. The normalized spacial score (nSPS) is 17.8. The molecule has 2 aliphatic rings. The van der Waals surface area contributed by atoms with Crippen LogP contribution in [0.2, 0.25) is 0 Å². The van der Waals surface area contributed by atoms with Gasteiger partial charge in [-0.3, -0.25) is 4.79 Å². The summed E-state index contributed by atoms with van der Waals surface area (Å²) in [5.74, 6) is -0.372.